The summed E-state index contributed by atoms with van der Waals surface area (Å²) in [4.78, 5) is 8.89. The van der Waals surface area contributed by atoms with Crippen molar-refractivity contribution in [2.75, 3.05) is 6.54 Å². The fraction of sp³-hybridized carbons (Fsp3) is 0.368. The molecule has 0 aliphatic rings. The number of benzene rings is 1. The van der Waals surface area contributed by atoms with Gasteiger partial charge in [0.1, 0.15) is 0 Å². The van der Waals surface area contributed by atoms with E-state index in [4.69, 9.17) is 9.52 Å². The molecule has 28 heavy (non-hydrogen) atoms. The summed E-state index contributed by atoms with van der Waals surface area (Å²) in [6.07, 6.45) is 0. The van der Waals surface area contributed by atoms with E-state index in [9.17, 15) is 0 Å². The number of aliphatic imine (C=N–C) groups is 1. The Balaban J connectivity index is 0.00000280. The molecule has 0 saturated carbocycles. The lowest BCUT2D eigenvalue weighted by Crippen LogP contribution is -2.37. The van der Waals surface area contributed by atoms with Gasteiger partial charge in [-0.3, -0.25) is 0 Å². The van der Waals surface area contributed by atoms with Crippen molar-refractivity contribution >= 4 is 29.9 Å². The average Bonchev–Trinajstić information content (AvgIpc) is 3.22. The molecule has 0 bridgehead atoms. The zero-order chi connectivity index (χ0) is 19.2. The average molecular weight is 495 g/mol. The number of hydrogen-bond acceptors (Lipinski definition) is 5. The van der Waals surface area contributed by atoms with Crippen LogP contribution in [0.3, 0.4) is 0 Å². The normalized spacial score (nSPS) is 11.2. The van der Waals surface area contributed by atoms with Crippen LogP contribution in [-0.2, 0) is 13.1 Å². The van der Waals surface area contributed by atoms with Gasteiger partial charge in [-0.2, -0.15) is 10.1 Å². The number of nitrogens with one attached hydrogen (secondary N) is 2. The van der Waals surface area contributed by atoms with Crippen LogP contribution in [-0.4, -0.2) is 32.4 Å². The van der Waals surface area contributed by atoms with Crippen molar-refractivity contribution in [1.82, 2.24) is 30.6 Å². The van der Waals surface area contributed by atoms with Crippen LogP contribution in [0, 0.1) is 20.8 Å². The number of rotatable bonds is 6. The second-order valence-electron chi connectivity index (χ2n) is 6.25. The van der Waals surface area contributed by atoms with Gasteiger partial charge in [-0.05, 0) is 38.5 Å². The molecule has 1 aromatic carbocycles. The van der Waals surface area contributed by atoms with Crippen LogP contribution >= 0.6 is 24.0 Å². The SMILES string of the molecule is CCNC(=NCc1ccccc1-n1nc(C)cc1C)NCc1noc(C)n1.I. The smallest absolute Gasteiger partial charge is 0.223 e. The fourth-order valence-electron chi connectivity index (χ4n) is 2.81. The van der Waals surface area contributed by atoms with Crippen LogP contribution < -0.4 is 10.6 Å². The second-order valence-corrected chi connectivity index (χ2v) is 6.25. The number of aromatic nitrogens is 4. The zero-order valence-electron chi connectivity index (χ0n) is 16.6. The third-order valence-corrected chi connectivity index (χ3v) is 3.96. The minimum atomic E-state index is 0. The molecule has 8 nitrogen and oxygen atoms in total. The third kappa shape index (κ3) is 5.54. The number of nitrogens with zero attached hydrogens (tertiary/aromatic N) is 5. The van der Waals surface area contributed by atoms with Gasteiger partial charge >= 0.3 is 0 Å². The van der Waals surface area contributed by atoms with Crippen molar-refractivity contribution in [3.63, 3.8) is 0 Å². The van der Waals surface area contributed by atoms with Crippen LogP contribution in [0.25, 0.3) is 5.69 Å². The van der Waals surface area contributed by atoms with Gasteiger partial charge in [0.05, 0.1) is 24.5 Å². The summed E-state index contributed by atoms with van der Waals surface area (Å²) < 4.78 is 6.95. The zero-order valence-corrected chi connectivity index (χ0v) is 18.9. The summed E-state index contributed by atoms with van der Waals surface area (Å²) in [7, 11) is 0. The highest BCUT2D eigenvalue weighted by Crippen LogP contribution is 2.17. The van der Waals surface area contributed by atoms with Crippen molar-refractivity contribution < 1.29 is 4.52 Å². The number of para-hydroxylation sites is 1. The van der Waals surface area contributed by atoms with E-state index in [2.05, 4.69) is 51.0 Å². The Labute approximate surface area is 181 Å². The largest absolute Gasteiger partial charge is 0.357 e. The molecule has 0 unspecified atom stereocenters. The molecule has 2 aromatic heterocycles. The number of guanidine groups is 1. The van der Waals surface area contributed by atoms with Crippen molar-refractivity contribution in [1.29, 1.82) is 0 Å². The molecule has 0 saturated heterocycles. The summed E-state index contributed by atoms with van der Waals surface area (Å²) in [6.45, 7) is 9.58. The molecule has 0 aliphatic heterocycles. The summed E-state index contributed by atoms with van der Waals surface area (Å²) in [6, 6.07) is 10.2. The van der Waals surface area contributed by atoms with Gasteiger partial charge in [-0.1, -0.05) is 23.4 Å². The minimum Gasteiger partial charge on any atom is -0.357 e. The first kappa shape index (κ1) is 21.9. The van der Waals surface area contributed by atoms with Crippen LogP contribution in [0.15, 0.2) is 39.8 Å². The number of hydrogen-bond donors (Lipinski definition) is 2. The Hall–Kier alpha value is -2.43. The predicted octanol–water partition coefficient (Wildman–Crippen LogP) is 3.05. The molecule has 0 fully saturated rings. The monoisotopic (exact) mass is 495 g/mol. The van der Waals surface area contributed by atoms with E-state index >= 15 is 0 Å². The highest BCUT2D eigenvalue weighted by atomic mass is 127. The predicted molar refractivity (Wildman–Crippen MR) is 119 cm³/mol. The van der Waals surface area contributed by atoms with Crippen molar-refractivity contribution in [3.05, 3.63) is 59.0 Å². The van der Waals surface area contributed by atoms with Crippen LogP contribution in [0.5, 0.6) is 0 Å². The van der Waals surface area contributed by atoms with Crippen LogP contribution in [0.4, 0.5) is 0 Å². The lowest BCUT2D eigenvalue weighted by Gasteiger charge is -2.12. The van der Waals surface area contributed by atoms with Crippen LogP contribution in [0.1, 0.15) is 35.6 Å². The van der Waals surface area contributed by atoms with Gasteiger partial charge in [0.2, 0.25) is 5.89 Å². The van der Waals surface area contributed by atoms with E-state index in [0.29, 0.717) is 30.8 Å². The Morgan fingerprint density at radius 2 is 1.96 bits per heavy atom. The van der Waals surface area contributed by atoms with E-state index in [1.807, 2.05) is 30.7 Å². The molecule has 0 aliphatic carbocycles. The molecule has 0 radical (unpaired) electrons. The molecule has 2 heterocycles. The minimum absolute atomic E-state index is 0. The second kappa shape index (κ2) is 10.2. The first-order valence-corrected chi connectivity index (χ1v) is 8.99. The maximum absolute atomic E-state index is 4.99. The number of aryl methyl sites for hydroxylation is 3. The lowest BCUT2D eigenvalue weighted by molar-refractivity contribution is 0.387. The van der Waals surface area contributed by atoms with E-state index < -0.39 is 0 Å². The number of halogens is 1. The third-order valence-electron chi connectivity index (χ3n) is 3.96. The first-order chi connectivity index (χ1) is 13.1. The summed E-state index contributed by atoms with van der Waals surface area (Å²) in [5.74, 6) is 1.84. The van der Waals surface area contributed by atoms with E-state index in [0.717, 1.165) is 29.2 Å². The summed E-state index contributed by atoms with van der Waals surface area (Å²) in [5.41, 5.74) is 4.23. The van der Waals surface area contributed by atoms with Crippen molar-refractivity contribution in [3.8, 4) is 5.69 Å². The fourth-order valence-corrected chi connectivity index (χ4v) is 2.81. The van der Waals surface area contributed by atoms with Crippen LogP contribution in [0.2, 0.25) is 0 Å². The molecule has 3 aromatic rings. The van der Waals surface area contributed by atoms with Crippen molar-refractivity contribution in [2.24, 2.45) is 4.99 Å². The van der Waals surface area contributed by atoms with Gasteiger partial charge in [-0.25, -0.2) is 9.67 Å². The Morgan fingerprint density at radius 3 is 2.61 bits per heavy atom. The lowest BCUT2D eigenvalue weighted by atomic mass is 10.2. The van der Waals surface area contributed by atoms with E-state index in [-0.39, 0.29) is 24.0 Å². The van der Waals surface area contributed by atoms with E-state index in [1.165, 1.54) is 0 Å². The Kier molecular flexibility index (Phi) is 7.97. The maximum Gasteiger partial charge on any atom is 0.223 e. The molecule has 0 spiro atoms. The van der Waals surface area contributed by atoms with Gasteiger partial charge in [-0.15, -0.1) is 24.0 Å². The molecule has 0 atom stereocenters. The summed E-state index contributed by atoms with van der Waals surface area (Å²) >= 11 is 0. The quantitative estimate of drug-likeness (QED) is 0.310. The molecular weight excluding hydrogens is 469 g/mol. The Bertz CT molecular complexity index is 932. The first-order valence-electron chi connectivity index (χ1n) is 8.99. The van der Waals surface area contributed by atoms with Gasteiger partial charge in [0.15, 0.2) is 11.8 Å². The van der Waals surface area contributed by atoms with Gasteiger partial charge in [0.25, 0.3) is 0 Å². The van der Waals surface area contributed by atoms with Gasteiger partial charge < -0.3 is 15.2 Å². The van der Waals surface area contributed by atoms with Crippen molar-refractivity contribution in [2.45, 2.75) is 40.8 Å². The highest BCUT2D eigenvalue weighted by Gasteiger charge is 2.09. The molecule has 3 rings (SSSR count). The highest BCUT2D eigenvalue weighted by molar-refractivity contribution is 14.0. The molecule has 9 heteroatoms. The molecular formula is C19H26IN7O. The van der Waals surface area contributed by atoms with E-state index in [1.54, 1.807) is 6.92 Å². The molecule has 0 amide bonds. The molecule has 2 N–H and O–H groups in total. The Morgan fingerprint density at radius 1 is 1.18 bits per heavy atom. The summed E-state index contributed by atoms with van der Waals surface area (Å²) in [5, 5.41) is 14.9. The van der Waals surface area contributed by atoms with Gasteiger partial charge in [0, 0.05) is 19.2 Å². The maximum atomic E-state index is 4.99. The standard InChI is InChI=1S/C19H25N7O.HI/c1-5-20-19(22-12-18-23-15(4)27-25-18)21-11-16-8-6-7-9-17(16)26-14(3)10-13(2)24-26;/h6-10H,5,11-12H2,1-4H3,(H2,20,21,22);1H. The topological polar surface area (TPSA) is 93.2 Å². The molecule has 150 valence electrons.